The molecule has 1 aliphatic carbocycles. The first kappa shape index (κ1) is 14.8. The molecule has 1 aromatic rings. The first-order valence-electron chi connectivity index (χ1n) is 7.38. The average molecular weight is 279 g/mol. The summed E-state index contributed by atoms with van der Waals surface area (Å²) in [5, 5.41) is 0. The fourth-order valence-electron chi connectivity index (χ4n) is 2.79. The number of ether oxygens (including phenoxy) is 1. The molecule has 0 N–H and O–H groups in total. The minimum atomic E-state index is -0.305. The van der Waals surface area contributed by atoms with Crippen molar-refractivity contribution in [1.82, 2.24) is 4.90 Å². The van der Waals surface area contributed by atoms with Crippen LogP contribution in [0.15, 0.2) is 24.3 Å². The Balaban J connectivity index is 1.87. The maximum Gasteiger partial charge on any atom is 0.260 e. The molecule has 1 aliphatic rings. The van der Waals surface area contributed by atoms with Gasteiger partial charge in [0, 0.05) is 12.6 Å². The smallest absolute Gasteiger partial charge is 0.260 e. The molecular weight excluding hydrogens is 257 g/mol. The van der Waals surface area contributed by atoms with Gasteiger partial charge in [-0.15, -0.1) is 0 Å². The van der Waals surface area contributed by atoms with Gasteiger partial charge in [0.2, 0.25) is 0 Å². The van der Waals surface area contributed by atoms with Crippen LogP contribution in [0.4, 0.5) is 4.39 Å². The summed E-state index contributed by atoms with van der Waals surface area (Å²) >= 11 is 0. The van der Waals surface area contributed by atoms with Crippen LogP contribution in [-0.2, 0) is 4.79 Å². The van der Waals surface area contributed by atoms with Gasteiger partial charge in [-0.1, -0.05) is 19.3 Å². The third-order valence-corrected chi connectivity index (χ3v) is 3.85. The van der Waals surface area contributed by atoms with Crippen LogP contribution in [0, 0.1) is 5.82 Å². The van der Waals surface area contributed by atoms with Gasteiger partial charge in [0.25, 0.3) is 5.91 Å². The van der Waals surface area contributed by atoms with E-state index in [-0.39, 0.29) is 18.3 Å². The van der Waals surface area contributed by atoms with E-state index in [1.54, 1.807) is 12.1 Å². The van der Waals surface area contributed by atoms with Gasteiger partial charge >= 0.3 is 0 Å². The van der Waals surface area contributed by atoms with E-state index >= 15 is 0 Å². The standard InChI is InChI=1S/C16H22FNO2/c1-2-18(14-6-4-3-5-7-14)16(19)12-20-15-10-8-13(17)9-11-15/h8-11,14H,2-7,12H2,1H3. The highest BCUT2D eigenvalue weighted by molar-refractivity contribution is 5.78. The Kier molecular flexibility index (Phi) is 5.39. The topological polar surface area (TPSA) is 29.5 Å². The third-order valence-electron chi connectivity index (χ3n) is 3.85. The van der Waals surface area contributed by atoms with Gasteiger partial charge in [0.15, 0.2) is 6.61 Å². The second-order valence-electron chi connectivity index (χ2n) is 5.21. The molecule has 0 spiro atoms. The Bertz CT molecular complexity index is 427. The molecule has 0 aromatic heterocycles. The van der Waals surface area contributed by atoms with Crippen molar-refractivity contribution in [3.63, 3.8) is 0 Å². The number of halogens is 1. The lowest BCUT2D eigenvalue weighted by Crippen LogP contribution is -2.43. The molecule has 0 saturated heterocycles. The second kappa shape index (κ2) is 7.27. The molecule has 1 fully saturated rings. The summed E-state index contributed by atoms with van der Waals surface area (Å²) in [7, 11) is 0. The zero-order valence-electron chi connectivity index (χ0n) is 12.0. The number of amides is 1. The molecule has 1 saturated carbocycles. The number of likely N-dealkylation sites (N-methyl/N-ethyl adjacent to an activating group) is 1. The minimum absolute atomic E-state index is 0.0173. The zero-order chi connectivity index (χ0) is 14.4. The summed E-state index contributed by atoms with van der Waals surface area (Å²) in [5.74, 6) is 0.240. The van der Waals surface area contributed by atoms with Crippen molar-refractivity contribution in [1.29, 1.82) is 0 Å². The normalized spacial score (nSPS) is 15.9. The highest BCUT2D eigenvalue weighted by Crippen LogP contribution is 2.22. The molecule has 2 rings (SSSR count). The monoisotopic (exact) mass is 279 g/mol. The first-order chi connectivity index (χ1) is 9.70. The van der Waals surface area contributed by atoms with Crippen LogP contribution >= 0.6 is 0 Å². The summed E-state index contributed by atoms with van der Waals surface area (Å²) in [6.45, 7) is 2.75. The van der Waals surface area contributed by atoms with E-state index < -0.39 is 0 Å². The van der Waals surface area contributed by atoms with E-state index in [0.29, 0.717) is 11.8 Å². The molecule has 0 aliphatic heterocycles. The van der Waals surface area contributed by atoms with Gasteiger partial charge in [-0.3, -0.25) is 4.79 Å². The molecule has 0 atom stereocenters. The molecular formula is C16H22FNO2. The quantitative estimate of drug-likeness (QED) is 0.827. The molecule has 110 valence electrons. The van der Waals surface area contributed by atoms with Crippen LogP contribution < -0.4 is 4.74 Å². The molecule has 0 heterocycles. The Labute approximate surface area is 119 Å². The Morgan fingerprint density at radius 2 is 1.90 bits per heavy atom. The Hall–Kier alpha value is -1.58. The van der Waals surface area contributed by atoms with Crippen molar-refractivity contribution in [3.05, 3.63) is 30.1 Å². The summed E-state index contributed by atoms with van der Waals surface area (Å²) < 4.78 is 18.2. The minimum Gasteiger partial charge on any atom is -0.484 e. The van der Waals surface area contributed by atoms with Crippen LogP contribution in [0.25, 0.3) is 0 Å². The van der Waals surface area contributed by atoms with E-state index in [4.69, 9.17) is 4.74 Å². The molecule has 4 heteroatoms. The summed E-state index contributed by atoms with van der Waals surface area (Å²) in [6.07, 6.45) is 5.86. The van der Waals surface area contributed by atoms with Crippen LogP contribution in [0.2, 0.25) is 0 Å². The molecule has 1 amide bonds. The second-order valence-corrected chi connectivity index (χ2v) is 5.21. The van der Waals surface area contributed by atoms with Crippen molar-refractivity contribution < 1.29 is 13.9 Å². The van der Waals surface area contributed by atoms with E-state index in [1.165, 1.54) is 31.4 Å². The fraction of sp³-hybridized carbons (Fsp3) is 0.562. The van der Waals surface area contributed by atoms with Crippen molar-refractivity contribution in [3.8, 4) is 5.75 Å². The van der Waals surface area contributed by atoms with E-state index in [9.17, 15) is 9.18 Å². The number of nitrogens with zero attached hydrogens (tertiary/aromatic N) is 1. The summed E-state index contributed by atoms with van der Waals surface area (Å²) in [6, 6.07) is 6.11. The third kappa shape index (κ3) is 3.95. The van der Waals surface area contributed by atoms with Crippen molar-refractivity contribution in [2.45, 2.75) is 45.1 Å². The lowest BCUT2D eigenvalue weighted by Gasteiger charge is -2.33. The van der Waals surface area contributed by atoms with Gasteiger partial charge in [-0.25, -0.2) is 4.39 Å². The van der Waals surface area contributed by atoms with Crippen LogP contribution in [0.1, 0.15) is 39.0 Å². The van der Waals surface area contributed by atoms with Gasteiger partial charge in [-0.2, -0.15) is 0 Å². The van der Waals surface area contributed by atoms with Gasteiger partial charge in [0.05, 0.1) is 0 Å². The first-order valence-corrected chi connectivity index (χ1v) is 7.38. The van der Waals surface area contributed by atoms with Crippen LogP contribution in [-0.4, -0.2) is 30.0 Å². The average Bonchev–Trinajstić information content (AvgIpc) is 2.48. The number of hydrogen-bond donors (Lipinski definition) is 0. The molecule has 0 radical (unpaired) electrons. The number of rotatable bonds is 5. The van der Waals surface area contributed by atoms with E-state index in [1.807, 2.05) is 11.8 Å². The Morgan fingerprint density at radius 1 is 1.25 bits per heavy atom. The fourth-order valence-corrected chi connectivity index (χ4v) is 2.79. The lowest BCUT2D eigenvalue weighted by molar-refractivity contribution is -0.136. The lowest BCUT2D eigenvalue weighted by atomic mass is 9.94. The van der Waals surface area contributed by atoms with Gasteiger partial charge in [-0.05, 0) is 44.0 Å². The van der Waals surface area contributed by atoms with Crippen molar-refractivity contribution in [2.24, 2.45) is 0 Å². The van der Waals surface area contributed by atoms with Crippen molar-refractivity contribution >= 4 is 5.91 Å². The molecule has 0 bridgehead atoms. The number of carbonyl (C=O) groups excluding carboxylic acids is 1. The van der Waals surface area contributed by atoms with E-state index in [0.717, 1.165) is 19.4 Å². The highest BCUT2D eigenvalue weighted by atomic mass is 19.1. The summed E-state index contributed by atoms with van der Waals surface area (Å²) in [4.78, 5) is 14.2. The van der Waals surface area contributed by atoms with Crippen LogP contribution in [0.3, 0.4) is 0 Å². The Morgan fingerprint density at radius 3 is 2.50 bits per heavy atom. The number of hydrogen-bond acceptors (Lipinski definition) is 2. The zero-order valence-corrected chi connectivity index (χ0v) is 12.0. The highest BCUT2D eigenvalue weighted by Gasteiger charge is 2.24. The molecule has 3 nitrogen and oxygen atoms in total. The maximum atomic E-state index is 12.8. The van der Waals surface area contributed by atoms with E-state index in [2.05, 4.69) is 0 Å². The predicted molar refractivity (Wildman–Crippen MR) is 76.2 cm³/mol. The predicted octanol–water partition coefficient (Wildman–Crippen LogP) is 3.39. The summed E-state index contributed by atoms with van der Waals surface area (Å²) in [5.41, 5.74) is 0. The molecule has 0 unspecified atom stereocenters. The van der Waals surface area contributed by atoms with Gasteiger partial charge < -0.3 is 9.64 Å². The largest absolute Gasteiger partial charge is 0.484 e. The number of carbonyl (C=O) groups is 1. The van der Waals surface area contributed by atoms with Gasteiger partial charge in [0.1, 0.15) is 11.6 Å². The molecule has 20 heavy (non-hydrogen) atoms. The maximum absolute atomic E-state index is 12.8. The van der Waals surface area contributed by atoms with Crippen LogP contribution in [0.5, 0.6) is 5.75 Å². The number of benzene rings is 1. The SMILES string of the molecule is CCN(C(=O)COc1ccc(F)cc1)C1CCCCC1. The molecule has 1 aromatic carbocycles. The van der Waals surface area contributed by atoms with Crippen molar-refractivity contribution in [2.75, 3.05) is 13.2 Å².